The molecule has 1 aliphatic rings. The summed E-state index contributed by atoms with van der Waals surface area (Å²) in [6.07, 6.45) is -6.98. The maximum absolute atomic E-state index is 10.5. The molecule has 0 radical (unpaired) electrons. The number of phosphoric ester groups is 1. The highest BCUT2D eigenvalue weighted by atomic mass is 31.2. The maximum Gasteiger partial charge on any atom is 0.469 e. The Bertz CT molecular complexity index is 289. The van der Waals surface area contributed by atoms with Crippen molar-refractivity contribution in [2.75, 3.05) is 13.7 Å². The number of aliphatic hydroxyl groups excluding tert-OH is 3. The molecule has 9 nitrogen and oxygen atoms in total. The summed E-state index contributed by atoms with van der Waals surface area (Å²) in [6, 6.07) is 0. The topological polar surface area (TPSA) is 146 Å². The molecule has 2 unspecified atom stereocenters. The monoisotopic (exact) mass is 274 g/mol. The lowest BCUT2D eigenvalue weighted by Crippen LogP contribution is -2.59. The highest BCUT2D eigenvalue weighted by Gasteiger charge is 2.44. The number of hydrogen-bond donors (Lipinski definition) is 5. The standard InChI is InChI=1S/C7H15O9P/c1-14-7-6(10)5(9)4(8)3(16-7)2-15-17(11,12)13/h3-10H,2H2,1H3,(H2,11,12,13)/t3?,4-,5+,6?,7+/m1/s1. The van der Waals surface area contributed by atoms with Crippen molar-refractivity contribution in [1.29, 1.82) is 0 Å². The van der Waals surface area contributed by atoms with E-state index in [4.69, 9.17) is 19.3 Å². The van der Waals surface area contributed by atoms with Crippen LogP contribution >= 0.6 is 7.82 Å². The van der Waals surface area contributed by atoms with Crippen molar-refractivity contribution in [2.24, 2.45) is 0 Å². The Labute approximate surface area is 96.8 Å². The van der Waals surface area contributed by atoms with Gasteiger partial charge in [-0.15, -0.1) is 0 Å². The molecule has 0 aliphatic carbocycles. The fraction of sp³-hybridized carbons (Fsp3) is 1.00. The quantitative estimate of drug-likeness (QED) is 0.352. The van der Waals surface area contributed by atoms with Crippen molar-refractivity contribution in [3.8, 4) is 0 Å². The summed E-state index contributed by atoms with van der Waals surface area (Å²) in [7, 11) is -3.49. The van der Waals surface area contributed by atoms with Gasteiger partial charge in [0.2, 0.25) is 0 Å². The fourth-order valence-electron chi connectivity index (χ4n) is 1.42. The van der Waals surface area contributed by atoms with Crippen molar-refractivity contribution >= 4 is 7.82 Å². The Morgan fingerprint density at radius 3 is 2.24 bits per heavy atom. The second kappa shape index (κ2) is 5.70. The Balaban J connectivity index is 2.62. The molecule has 0 bridgehead atoms. The normalized spacial score (nSPS) is 39.3. The van der Waals surface area contributed by atoms with Crippen molar-refractivity contribution in [3.05, 3.63) is 0 Å². The molecule has 10 heteroatoms. The summed E-state index contributed by atoms with van der Waals surface area (Å²) in [5.74, 6) is 0. The zero-order valence-electron chi connectivity index (χ0n) is 8.91. The molecule has 0 aromatic heterocycles. The average molecular weight is 274 g/mol. The van der Waals surface area contributed by atoms with E-state index in [-0.39, 0.29) is 0 Å². The lowest BCUT2D eigenvalue weighted by atomic mass is 9.99. The van der Waals surface area contributed by atoms with Gasteiger partial charge in [0.05, 0.1) is 6.61 Å². The van der Waals surface area contributed by atoms with Gasteiger partial charge in [-0.1, -0.05) is 0 Å². The van der Waals surface area contributed by atoms with Gasteiger partial charge in [0.25, 0.3) is 0 Å². The molecule has 1 rings (SSSR count). The van der Waals surface area contributed by atoms with Gasteiger partial charge in [0.1, 0.15) is 24.4 Å². The van der Waals surface area contributed by atoms with E-state index in [1.807, 2.05) is 0 Å². The van der Waals surface area contributed by atoms with E-state index in [9.17, 15) is 19.9 Å². The second-order valence-electron chi connectivity index (χ2n) is 3.54. The molecular formula is C7H15O9P. The van der Waals surface area contributed by atoms with Crippen LogP contribution < -0.4 is 0 Å². The summed E-state index contributed by atoms with van der Waals surface area (Å²) in [4.78, 5) is 17.0. The highest BCUT2D eigenvalue weighted by molar-refractivity contribution is 7.46. The summed E-state index contributed by atoms with van der Waals surface area (Å²) in [5, 5.41) is 28.3. The summed E-state index contributed by atoms with van der Waals surface area (Å²) >= 11 is 0. The van der Waals surface area contributed by atoms with Crippen molar-refractivity contribution < 1.29 is 43.7 Å². The summed E-state index contributed by atoms with van der Waals surface area (Å²) in [5.41, 5.74) is 0. The molecule has 1 saturated heterocycles. The first kappa shape index (κ1) is 15.0. The number of ether oxygens (including phenoxy) is 2. The number of rotatable bonds is 4. The highest BCUT2D eigenvalue weighted by Crippen LogP contribution is 2.36. The molecule has 0 amide bonds. The molecule has 5 atom stereocenters. The zero-order valence-corrected chi connectivity index (χ0v) is 9.80. The molecule has 0 aromatic carbocycles. The van der Waals surface area contributed by atoms with E-state index in [2.05, 4.69) is 4.52 Å². The smallest absolute Gasteiger partial charge is 0.387 e. The Hall–Kier alpha value is -0.0900. The van der Waals surface area contributed by atoms with Gasteiger partial charge in [0, 0.05) is 7.11 Å². The first-order valence-electron chi connectivity index (χ1n) is 4.69. The first-order chi connectivity index (χ1) is 7.76. The summed E-state index contributed by atoms with van der Waals surface area (Å²) < 4.78 is 24.3. The van der Waals surface area contributed by atoms with Gasteiger partial charge in [-0.2, -0.15) is 0 Å². The van der Waals surface area contributed by atoms with E-state index in [1.165, 1.54) is 7.11 Å². The number of aliphatic hydroxyl groups is 3. The van der Waals surface area contributed by atoms with Crippen LogP contribution in [0.3, 0.4) is 0 Å². The zero-order chi connectivity index (χ0) is 13.2. The van der Waals surface area contributed by atoms with E-state index in [1.54, 1.807) is 0 Å². The first-order valence-corrected chi connectivity index (χ1v) is 6.22. The van der Waals surface area contributed by atoms with Crippen LogP contribution in [0.2, 0.25) is 0 Å². The Morgan fingerprint density at radius 2 is 1.76 bits per heavy atom. The van der Waals surface area contributed by atoms with Crippen LogP contribution in [0.4, 0.5) is 0 Å². The van der Waals surface area contributed by atoms with Gasteiger partial charge in [-0.3, -0.25) is 4.52 Å². The number of phosphoric acid groups is 1. The maximum atomic E-state index is 10.5. The van der Waals surface area contributed by atoms with E-state index >= 15 is 0 Å². The van der Waals surface area contributed by atoms with Crippen LogP contribution in [-0.2, 0) is 18.6 Å². The molecule has 0 spiro atoms. The molecule has 1 fully saturated rings. The lowest BCUT2D eigenvalue weighted by Gasteiger charge is -2.39. The van der Waals surface area contributed by atoms with E-state index in [0.717, 1.165) is 0 Å². The largest absolute Gasteiger partial charge is 0.469 e. The molecule has 102 valence electrons. The third-order valence-corrected chi connectivity index (χ3v) is 2.79. The van der Waals surface area contributed by atoms with Crippen LogP contribution in [0.25, 0.3) is 0 Å². The third-order valence-electron chi connectivity index (χ3n) is 2.31. The van der Waals surface area contributed by atoms with Crippen molar-refractivity contribution in [1.82, 2.24) is 0 Å². The number of hydrogen-bond acceptors (Lipinski definition) is 7. The predicted octanol–water partition coefficient (Wildman–Crippen LogP) is -2.45. The van der Waals surface area contributed by atoms with Gasteiger partial charge in [-0.05, 0) is 0 Å². The minimum Gasteiger partial charge on any atom is -0.387 e. The van der Waals surface area contributed by atoms with Gasteiger partial charge in [-0.25, -0.2) is 4.57 Å². The molecule has 0 aromatic rings. The minimum atomic E-state index is -4.70. The predicted molar refractivity (Wildman–Crippen MR) is 51.7 cm³/mol. The Kier molecular flexibility index (Phi) is 5.02. The molecule has 17 heavy (non-hydrogen) atoms. The van der Waals surface area contributed by atoms with Crippen LogP contribution in [0.15, 0.2) is 0 Å². The van der Waals surface area contributed by atoms with Crippen LogP contribution in [-0.4, -0.2) is 69.5 Å². The Morgan fingerprint density at radius 1 is 1.18 bits per heavy atom. The van der Waals surface area contributed by atoms with Gasteiger partial charge >= 0.3 is 7.82 Å². The minimum absolute atomic E-state index is 0.644. The molecule has 5 N–H and O–H groups in total. The molecular weight excluding hydrogens is 259 g/mol. The SMILES string of the molecule is CO[C@H]1OC(COP(=O)(O)O)[C@@H](O)[C@H](O)C1O. The van der Waals surface area contributed by atoms with E-state index < -0.39 is 45.1 Å². The third kappa shape index (κ3) is 3.95. The number of methoxy groups -OCH3 is 1. The molecule has 1 aliphatic heterocycles. The van der Waals surface area contributed by atoms with Crippen LogP contribution in [0, 0.1) is 0 Å². The second-order valence-corrected chi connectivity index (χ2v) is 4.78. The lowest BCUT2D eigenvalue weighted by molar-refractivity contribution is -0.293. The van der Waals surface area contributed by atoms with Crippen molar-refractivity contribution in [3.63, 3.8) is 0 Å². The van der Waals surface area contributed by atoms with Crippen molar-refractivity contribution in [2.45, 2.75) is 30.7 Å². The average Bonchev–Trinajstić information content (AvgIpc) is 2.24. The fourth-order valence-corrected chi connectivity index (χ4v) is 1.76. The molecule has 1 heterocycles. The van der Waals surface area contributed by atoms with E-state index in [0.29, 0.717) is 0 Å². The molecule has 0 saturated carbocycles. The summed E-state index contributed by atoms with van der Waals surface area (Å²) in [6.45, 7) is -0.644. The van der Waals surface area contributed by atoms with Crippen LogP contribution in [0.5, 0.6) is 0 Å². The van der Waals surface area contributed by atoms with Gasteiger partial charge < -0.3 is 34.6 Å². The van der Waals surface area contributed by atoms with Crippen LogP contribution in [0.1, 0.15) is 0 Å². The van der Waals surface area contributed by atoms with Gasteiger partial charge in [0.15, 0.2) is 6.29 Å².